The minimum absolute atomic E-state index is 0.0921. The van der Waals surface area contributed by atoms with E-state index in [4.69, 9.17) is 16.3 Å². The van der Waals surface area contributed by atoms with Gasteiger partial charge in [-0.2, -0.15) is 10.1 Å². The van der Waals surface area contributed by atoms with Gasteiger partial charge in [0.15, 0.2) is 0 Å². The lowest BCUT2D eigenvalue weighted by molar-refractivity contribution is -0.137. The van der Waals surface area contributed by atoms with Crippen molar-refractivity contribution >= 4 is 29.1 Å². The van der Waals surface area contributed by atoms with Gasteiger partial charge < -0.3 is 15.0 Å². The summed E-state index contributed by atoms with van der Waals surface area (Å²) in [5.74, 6) is 1.05. The van der Waals surface area contributed by atoms with Crippen LogP contribution in [0.25, 0.3) is 0 Å². The van der Waals surface area contributed by atoms with E-state index in [9.17, 15) is 4.79 Å². The van der Waals surface area contributed by atoms with Crippen LogP contribution in [-0.4, -0.2) is 50.8 Å². The van der Waals surface area contributed by atoms with Gasteiger partial charge in [-0.25, -0.2) is 4.98 Å². The minimum atomic E-state index is -0.0921. The molecule has 1 saturated carbocycles. The van der Waals surface area contributed by atoms with E-state index in [1.807, 2.05) is 16.5 Å². The third-order valence-electron chi connectivity index (χ3n) is 5.81. The monoisotopic (exact) mass is 404 g/mol. The van der Waals surface area contributed by atoms with E-state index in [1.54, 1.807) is 6.20 Å². The van der Waals surface area contributed by atoms with Crippen molar-refractivity contribution < 1.29 is 9.53 Å². The molecule has 0 atom stereocenters. The Balaban J connectivity index is 1.42. The average molecular weight is 405 g/mol. The van der Waals surface area contributed by atoms with Gasteiger partial charge in [-0.3, -0.25) is 9.48 Å². The van der Waals surface area contributed by atoms with Gasteiger partial charge in [0, 0.05) is 18.5 Å². The first-order valence-corrected chi connectivity index (χ1v) is 9.96. The maximum Gasteiger partial charge on any atom is 0.237 e. The van der Waals surface area contributed by atoms with Gasteiger partial charge >= 0.3 is 0 Å². The zero-order valence-corrected chi connectivity index (χ0v) is 17.2. The lowest BCUT2D eigenvalue weighted by atomic mass is 10.0. The third kappa shape index (κ3) is 3.53. The molecule has 0 bridgehead atoms. The van der Waals surface area contributed by atoms with Crippen LogP contribution in [0.5, 0.6) is 5.88 Å². The molecule has 4 rings (SSSR count). The number of hydrogen-bond acceptors (Lipinski definition) is 6. The molecule has 8 nitrogen and oxygen atoms in total. The molecular weight excluding hydrogens is 380 g/mol. The number of likely N-dealkylation sites (tertiary alicyclic amines) is 1. The SMILES string of the molecule is COc1nc(Nc2cnn(C3CCN(C(=O)C4(C)CC4)CC3)c2C)ncc1Cl. The minimum Gasteiger partial charge on any atom is -0.480 e. The molecule has 2 aromatic heterocycles. The fraction of sp³-hybridized carbons (Fsp3) is 0.579. The highest BCUT2D eigenvalue weighted by atomic mass is 35.5. The Bertz CT molecular complexity index is 887. The highest BCUT2D eigenvalue weighted by Crippen LogP contribution is 2.47. The molecule has 1 amide bonds. The lowest BCUT2D eigenvalue weighted by Gasteiger charge is -2.34. The van der Waals surface area contributed by atoms with E-state index < -0.39 is 0 Å². The van der Waals surface area contributed by atoms with Crippen molar-refractivity contribution in [3.05, 3.63) is 23.1 Å². The molecule has 28 heavy (non-hydrogen) atoms. The van der Waals surface area contributed by atoms with Crippen LogP contribution >= 0.6 is 11.6 Å². The topological polar surface area (TPSA) is 85.2 Å². The number of carbonyl (C=O) groups excluding carboxylic acids is 1. The molecule has 150 valence electrons. The van der Waals surface area contributed by atoms with Crippen LogP contribution in [0.4, 0.5) is 11.6 Å². The van der Waals surface area contributed by atoms with Crippen LogP contribution in [0.1, 0.15) is 44.3 Å². The summed E-state index contributed by atoms with van der Waals surface area (Å²) in [6, 6.07) is 0.285. The Morgan fingerprint density at radius 2 is 2.04 bits per heavy atom. The quantitative estimate of drug-likeness (QED) is 0.822. The number of nitrogens with zero attached hydrogens (tertiary/aromatic N) is 5. The fourth-order valence-electron chi connectivity index (χ4n) is 3.69. The molecule has 3 heterocycles. The fourth-order valence-corrected chi connectivity index (χ4v) is 3.85. The van der Waals surface area contributed by atoms with Gasteiger partial charge in [0.1, 0.15) is 5.02 Å². The maximum absolute atomic E-state index is 12.5. The van der Waals surface area contributed by atoms with Crippen LogP contribution < -0.4 is 10.1 Å². The number of anilines is 2. The molecule has 0 spiro atoms. The zero-order chi connectivity index (χ0) is 19.9. The Kier molecular flexibility index (Phi) is 4.91. The first-order valence-electron chi connectivity index (χ1n) is 9.58. The summed E-state index contributed by atoms with van der Waals surface area (Å²) in [5.41, 5.74) is 1.76. The molecule has 0 aromatic carbocycles. The normalized spacial score (nSPS) is 18.8. The summed E-state index contributed by atoms with van der Waals surface area (Å²) in [7, 11) is 1.52. The van der Waals surface area contributed by atoms with Crippen LogP contribution in [0.15, 0.2) is 12.4 Å². The van der Waals surface area contributed by atoms with Crippen molar-refractivity contribution in [2.45, 2.75) is 45.6 Å². The van der Waals surface area contributed by atoms with E-state index >= 15 is 0 Å². The summed E-state index contributed by atoms with van der Waals surface area (Å²) < 4.78 is 7.17. The average Bonchev–Trinajstić information content (AvgIpc) is 3.36. The smallest absolute Gasteiger partial charge is 0.237 e. The molecule has 2 fully saturated rings. The summed E-state index contributed by atoms with van der Waals surface area (Å²) in [4.78, 5) is 23.0. The second-order valence-corrected chi connectivity index (χ2v) is 8.26. The molecule has 1 saturated heterocycles. The Morgan fingerprint density at radius 1 is 1.32 bits per heavy atom. The maximum atomic E-state index is 12.5. The highest BCUT2D eigenvalue weighted by Gasteiger charge is 2.47. The van der Waals surface area contributed by atoms with Crippen molar-refractivity contribution in [1.82, 2.24) is 24.6 Å². The second kappa shape index (κ2) is 7.24. The predicted octanol–water partition coefficient (Wildman–Crippen LogP) is 3.35. The van der Waals surface area contributed by atoms with Gasteiger partial charge in [0.2, 0.25) is 17.7 Å². The molecule has 1 aliphatic carbocycles. The van der Waals surface area contributed by atoms with E-state index in [-0.39, 0.29) is 11.5 Å². The predicted molar refractivity (Wildman–Crippen MR) is 106 cm³/mol. The zero-order valence-electron chi connectivity index (χ0n) is 16.4. The van der Waals surface area contributed by atoms with Crippen LogP contribution in [0.3, 0.4) is 0 Å². The number of rotatable bonds is 5. The number of methoxy groups -OCH3 is 1. The highest BCUT2D eigenvalue weighted by molar-refractivity contribution is 6.31. The largest absolute Gasteiger partial charge is 0.480 e. The van der Waals surface area contributed by atoms with Crippen molar-refractivity contribution in [2.24, 2.45) is 5.41 Å². The first-order chi connectivity index (χ1) is 13.4. The molecule has 1 N–H and O–H groups in total. The summed E-state index contributed by atoms with van der Waals surface area (Å²) in [6.07, 6.45) is 7.16. The lowest BCUT2D eigenvalue weighted by Crippen LogP contribution is -2.42. The molecule has 2 aromatic rings. The number of carbonyl (C=O) groups is 1. The van der Waals surface area contributed by atoms with Crippen LogP contribution in [0.2, 0.25) is 5.02 Å². The van der Waals surface area contributed by atoms with Crippen LogP contribution in [0, 0.1) is 12.3 Å². The van der Waals surface area contributed by atoms with Crippen molar-refractivity contribution in [2.75, 3.05) is 25.5 Å². The van der Waals surface area contributed by atoms with E-state index in [0.29, 0.717) is 22.8 Å². The molecular formula is C19H25ClN6O2. The number of nitrogens with one attached hydrogen (secondary N) is 1. The molecule has 2 aliphatic rings. The Morgan fingerprint density at radius 3 is 2.68 bits per heavy atom. The van der Waals surface area contributed by atoms with Crippen molar-refractivity contribution in [1.29, 1.82) is 0 Å². The molecule has 9 heteroatoms. The van der Waals surface area contributed by atoms with Gasteiger partial charge in [-0.05, 0) is 32.6 Å². The molecule has 0 unspecified atom stereocenters. The Labute approximate surface area is 169 Å². The van der Waals surface area contributed by atoms with Gasteiger partial charge in [0.05, 0.1) is 36.9 Å². The van der Waals surface area contributed by atoms with E-state index in [0.717, 1.165) is 50.2 Å². The second-order valence-electron chi connectivity index (χ2n) is 7.85. The summed E-state index contributed by atoms with van der Waals surface area (Å²) in [5, 5.41) is 8.11. The van der Waals surface area contributed by atoms with Crippen molar-refractivity contribution in [3.63, 3.8) is 0 Å². The molecule has 0 radical (unpaired) electrons. The van der Waals surface area contributed by atoms with E-state index in [2.05, 4.69) is 27.3 Å². The Hall–Kier alpha value is -2.35. The van der Waals surface area contributed by atoms with Crippen LogP contribution in [-0.2, 0) is 4.79 Å². The van der Waals surface area contributed by atoms with E-state index in [1.165, 1.54) is 13.3 Å². The summed E-state index contributed by atoms with van der Waals surface area (Å²) >= 11 is 5.98. The third-order valence-corrected chi connectivity index (χ3v) is 6.07. The standard InChI is InChI=1S/C19H25ClN6O2/c1-12-15(23-18-21-10-14(20)16(24-18)28-3)11-22-26(12)13-4-8-25(9-5-13)17(27)19(2)6-7-19/h10-11,13H,4-9H2,1-3H3,(H,21,23,24). The first kappa shape index (κ1) is 19.0. The van der Waals surface area contributed by atoms with Gasteiger partial charge in [0.25, 0.3) is 0 Å². The van der Waals surface area contributed by atoms with Crippen molar-refractivity contribution in [3.8, 4) is 5.88 Å². The van der Waals surface area contributed by atoms with Gasteiger partial charge in [-0.15, -0.1) is 0 Å². The molecule has 1 aliphatic heterocycles. The number of piperidine rings is 1. The van der Waals surface area contributed by atoms with Gasteiger partial charge in [-0.1, -0.05) is 18.5 Å². The number of aromatic nitrogens is 4. The summed E-state index contributed by atoms with van der Waals surface area (Å²) in [6.45, 7) is 5.67. The number of hydrogen-bond donors (Lipinski definition) is 1. The number of amides is 1. The number of ether oxygens (including phenoxy) is 1. The number of halogens is 1.